The number of hydrogen-bond donors (Lipinski definition) is 0. The maximum Gasteiger partial charge on any atom is 0.0802 e. The molecule has 0 N–H and O–H groups in total. The molecule has 0 saturated carbocycles. The van der Waals surface area contributed by atoms with Gasteiger partial charge in [-0.2, -0.15) is 0 Å². The molecular weight excluding hydrogens is 222 g/mol. The molecule has 0 bridgehead atoms. The second-order valence-corrected chi connectivity index (χ2v) is 3.89. The van der Waals surface area contributed by atoms with Crippen molar-refractivity contribution in [3.63, 3.8) is 0 Å². The fourth-order valence-corrected chi connectivity index (χ4v) is 1.82. The number of methoxy groups -OCH3 is 1. The fraction of sp³-hybridized carbons (Fsp3) is 0.125. The lowest BCUT2D eigenvalue weighted by molar-refractivity contribution is 0.337. The van der Waals surface area contributed by atoms with Gasteiger partial charge < -0.3 is 9.64 Å². The molecule has 0 saturated heterocycles. The predicted molar refractivity (Wildman–Crippen MR) is 76.0 cm³/mol. The molecule has 18 heavy (non-hydrogen) atoms. The van der Waals surface area contributed by atoms with Gasteiger partial charge >= 0.3 is 0 Å². The number of para-hydroxylation sites is 2. The standard InChI is InChI=1S/C16H17NO/c1-18-14-8-13-17(15-9-4-2-5-10-15)16-11-6-3-7-12-16/h2-12,14H,13H2,1H3/b14-8+. The maximum atomic E-state index is 4.96. The van der Waals surface area contributed by atoms with Crippen molar-refractivity contribution in [2.45, 2.75) is 0 Å². The van der Waals surface area contributed by atoms with Gasteiger partial charge in [-0.05, 0) is 30.3 Å². The summed E-state index contributed by atoms with van der Waals surface area (Å²) in [6.45, 7) is 0.780. The van der Waals surface area contributed by atoms with Gasteiger partial charge in [-0.25, -0.2) is 0 Å². The van der Waals surface area contributed by atoms with Crippen molar-refractivity contribution in [3.8, 4) is 0 Å². The third-order valence-corrected chi connectivity index (χ3v) is 2.66. The Labute approximate surface area is 108 Å². The molecule has 0 spiro atoms. The zero-order chi connectivity index (χ0) is 12.6. The maximum absolute atomic E-state index is 4.96. The molecule has 0 aliphatic carbocycles. The Kier molecular flexibility index (Phi) is 4.42. The monoisotopic (exact) mass is 239 g/mol. The Morgan fingerprint density at radius 2 is 1.39 bits per heavy atom. The quantitative estimate of drug-likeness (QED) is 0.732. The van der Waals surface area contributed by atoms with Crippen LogP contribution in [0, 0.1) is 0 Å². The third-order valence-electron chi connectivity index (χ3n) is 2.66. The van der Waals surface area contributed by atoms with Crippen molar-refractivity contribution in [2.75, 3.05) is 18.6 Å². The molecule has 2 nitrogen and oxygen atoms in total. The van der Waals surface area contributed by atoms with Crippen LogP contribution in [0.15, 0.2) is 73.0 Å². The second kappa shape index (κ2) is 6.50. The van der Waals surface area contributed by atoms with Crippen molar-refractivity contribution in [2.24, 2.45) is 0 Å². The Bertz CT molecular complexity index is 439. The summed E-state index contributed by atoms with van der Waals surface area (Å²) in [6.07, 6.45) is 3.71. The van der Waals surface area contributed by atoms with Crippen molar-refractivity contribution < 1.29 is 4.74 Å². The van der Waals surface area contributed by atoms with Crippen LogP contribution in [0.2, 0.25) is 0 Å². The van der Waals surface area contributed by atoms with Crippen LogP contribution in [0.4, 0.5) is 11.4 Å². The summed E-state index contributed by atoms with van der Waals surface area (Å²) in [5, 5.41) is 0. The van der Waals surface area contributed by atoms with Crippen LogP contribution in [-0.4, -0.2) is 13.7 Å². The molecule has 0 unspecified atom stereocenters. The largest absolute Gasteiger partial charge is 0.505 e. The molecule has 0 fully saturated rings. The Balaban J connectivity index is 2.26. The molecule has 0 heterocycles. The lowest BCUT2D eigenvalue weighted by Gasteiger charge is -2.23. The van der Waals surface area contributed by atoms with E-state index >= 15 is 0 Å². The van der Waals surface area contributed by atoms with E-state index in [9.17, 15) is 0 Å². The van der Waals surface area contributed by atoms with Crippen molar-refractivity contribution in [3.05, 3.63) is 73.0 Å². The van der Waals surface area contributed by atoms with Gasteiger partial charge in [-0.3, -0.25) is 0 Å². The molecule has 2 aromatic rings. The SMILES string of the molecule is CO/C=C/CN(c1ccccc1)c1ccccc1. The normalized spacial score (nSPS) is 10.5. The summed E-state index contributed by atoms with van der Waals surface area (Å²) < 4.78 is 4.96. The smallest absolute Gasteiger partial charge is 0.0802 e. The summed E-state index contributed by atoms with van der Waals surface area (Å²) in [5.74, 6) is 0. The molecule has 92 valence electrons. The summed E-state index contributed by atoms with van der Waals surface area (Å²) >= 11 is 0. The third kappa shape index (κ3) is 3.14. The van der Waals surface area contributed by atoms with Gasteiger partial charge in [-0.1, -0.05) is 36.4 Å². The summed E-state index contributed by atoms with van der Waals surface area (Å²) in [7, 11) is 1.66. The molecule has 2 aromatic carbocycles. The average molecular weight is 239 g/mol. The zero-order valence-corrected chi connectivity index (χ0v) is 10.5. The number of hydrogen-bond acceptors (Lipinski definition) is 2. The van der Waals surface area contributed by atoms with Crippen molar-refractivity contribution in [1.82, 2.24) is 0 Å². The molecule has 0 aliphatic heterocycles. The molecule has 0 aliphatic rings. The molecule has 0 radical (unpaired) electrons. The first-order valence-corrected chi connectivity index (χ1v) is 5.97. The van der Waals surface area contributed by atoms with E-state index in [0.717, 1.165) is 6.54 Å². The van der Waals surface area contributed by atoms with Crippen LogP contribution in [0.1, 0.15) is 0 Å². The molecule has 2 heteroatoms. The highest BCUT2D eigenvalue weighted by atomic mass is 16.5. The van der Waals surface area contributed by atoms with Crippen LogP contribution in [-0.2, 0) is 4.74 Å². The summed E-state index contributed by atoms with van der Waals surface area (Å²) in [6, 6.07) is 20.7. The van der Waals surface area contributed by atoms with E-state index in [1.165, 1.54) is 11.4 Å². The minimum Gasteiger partial charge on any atom is -0.505 e. The highest BCUT2D eigenvalue weighted by Crippen LogP contribution is 2.24. The van der Waals surface area contributed by atoms with Crippen LogP contribution >= 0.6 is 0 Å². The minimum atomic E-state index is 0.780. The Morgan fingerprint density at radius 1 is 0.889 bits per heavy atom. The number of anilines is 2. The van der Waals surface area contributed by atoms with Crippen molar-refractivity contribution in [1.29, 1.82) is 0 Å². The van der Waals surface area contributed by atoms with E-state index in [2.05, 4.69) is 29.2 Å². The highest BCUT2D eigenvalue weighted by molar-refractivity contribution is 5.63. The average Bonchev–Trinajstić information content (AvgIpc) is 2.46. The van der Waals surface area contributed by atoms with Gasteiger partial charge in [-0.15, -0.1) is 0 Å². The summed E-state index contributed by atoms with van der Waals surface area (Å²) in [5.41, 5.74) is 2.34. The van der Waals surface area contributed by atoms with Gasteiger partial charge in [0.05, 0.1) is 13.4 Å². The topological polar surface area (TPSA) is 12.5 Å². The van der Waals surface area contributed by atoms with E-state index in [-0.39, 0.29) is 0 Å². The fourth-order valence-electron chi connectivity index (χ4n) is 1.82. The summed E-state index contributed by atoms with van der Waals surface area (Å²) in [4.78, 5) is 2.23. The number of rotatable bonds is 5. The molecule has 0 aromatic heterocycles. The van der Waals surface area contributed by atoms with Crippen LogP contribution < -0.4 is 4.90 Å². The number of benzene rings is 2. The van der Waals surface area contributed by atoms with E-state index < -0.39 is 0 Å². The van der Waals surface area contributed by atoms with Gasteiger partial charge in [0.2, 0.25) is 0 Å². The Hall–Kier alpha value is -2.22. The van der Waals surface area contributed by atoms with Gasteiger partial charge in [0.25, 0.3) is 0 Å². The first-order chi connectivity index (χ1) is 8.92. The second-order valence-electron chi connectivity index (χ2n) is 3.89. The Morgan fingerprint density at radius 3 is 1.83 bits per heavy atom. The van der Waals surface area contributed by atoms with Crippen LogP contribution in [0.5, 0.6) is 0 Å². The highest BCUT2D eigenvalue weighted by Gasteiger charge is 2.06. The van der Waals surface area contributed by atoms with Crippen molar-refractivity contribution >= 4 is 11.4 Å². The van der Waals surface area contributed by atoms with Gasteiger partial charge in [0.1, 0.15) is 0 Å². The minimum absolute atomic E-state index is 0.780. The van der Waals surface area contributed by atoms with E-state index in [0.29, 0.717) is 0 Å². The first kappa shape index (κ1) is 12.2. The van der Waals surface area contributed by atoms with Crippen LogP contribution in [0.3, 0.4) is 0 Å². The molecular formula is C16H17NO. The van der Waals surface area contributed by atoms with Gasteiger partial charge in [0, 0.05) is 17.9 Å². The molecule has 2 rings (SSSR count). The number of ether oxygens (including phenoxy) is 1. The van der Waals surface area contributed by atoms with E-state index in [1.807, 2.05) is 42.5 Å². The predicted octanol–water partition coefficient (Wildman–Crippen LogP) is 3.98. The zero-order valence-electron chi connectivity index (χ0n) is 10.5. The van der Waals surface area contributed by atoms with Gasteiger partial charge in [0.15, 0.2) is 0 Å². The van der Waals surface area contributed by atoms with E-state index in [4.69, 9.17) is 4.74 Å². The van der Waals surface area contributed by atoms with Crippen LogP contribution in [0.25, 0.3) is 0 Å². The first-order valence-electron chi connectivity index (χ1n) is 5.97. The molecule has 0 amide bonds. The molecule has 0 atom stereocenters. The number of nitrogens with zero attached hydrogens (tertiary/aromatic N) is 1. The lowest BCUT2D eigenvalue weighted by atomic mass is 10.2. The lowest BCUT2D eigenvalue weighted by Crippen LogP contribution is -2.16. The van der Waals surface area contributed by atoms with E-state index in [1.54, 1.807) is 13.4 Å².